The van der Waals surface area contributed by atoms with E-state index in [-0.39, 0.29) is 32.0 Å². The molecule has 0 aromatic heterocycles. The Morgan fingerprint density at radius 3 is 1.19 bits per heavy atom. The summed E-state index contributed by atoms with van der Waals surface area (Å²) < 4.78 is 21.7. The van der Waals surface area contributed by atoms with E-state index in [1.54, 1.807) is 0 Å². The van der Waals surface area contributed by atoms with Crippen LogP contribution in [0.1, 0.15) is 0 Å². The monoisotopic (exact) mass is 465 g/mol. The van der Waals surface area contributed by atoms with Gasteiger partial charge in [0.15, 0.2) is 0 Å². The summed E-state index contributed by atoms with van der Waals surface area (Å²) in [6, 6.07) is 0. The molecule has 0 radical (unpaired) electrons. The average molecular weight is 465 g/mol. The summed E-state index contributed by atoms with van der Waals surface area (Å²) in [6.45, 7) is 1.19. The molecule has 0 heterocycles. The molecule has 8 N–H and O–H groups in total. The van der Waals surface area contributed by atoms with E-state index in [4.69, 9.17) is 21.3 Å². The third kappa shape index (κ3) is 46.4. The van der Waals surface area contributed by atoms with Crippen molar-refractivity contribution in [1.29, 1.82) is 0 Å². The number of hydrogen-bond acceptors (Lipinski definition) is 9. The van der Waals surface area contributed by atoms with Crippen LogP contribution in [0, 0.1) is 0 Å². The quantitative estimate of drug-likeness (QED) is 0.298. The summed E-state index contributed by atoms with van der Waals surface area (Å²) in [5.74, 6) is 0. The molecule has 0 aromatic rings. The first kappa shape index (κ1) is 30.1. The molecular weight excluding hydrogens is 453 g/mol. The van der Waals surface area contributed by atoms with Crippen LogP contribution in [0.2, 0.25) is 0 Å². The molecule has 0 fully saturated rings. The molecule has 0 amide bonds. The van der Waals surface area contributed by atoms with Crippen molar-refractivity contribution in [2.24, 2.45) is 11.5 Å². The van der Waals surface area contributed by atoms with E-state index in [2.05, 4.69) is 4.31 Å². The Bertz CT molecular complexity index is 192. The van der Waals surface area contributed by atoms with Crippen LogP contribution in [-0.4, -0.2) is 33.8 Å². The first-order valence-corrected chi connectivity index (χ1v) is 5.80. The fraction of sp³-hybridized carbons (Fsp3) is 1.00. The van der Waals surface area contributed by atoms with Gasteiger partial charge in [-0.2, -0.15) is 0 Å². The van der Waals surface area contributed by atoms with Crippen LogP contribution in [0.25, 0.3) is 0 Å². The summed E-state index contributed by atoms with van der Waals surface area (Å²) >= 11 is 0. The van der Waals surface area contributed by atoms with Gasteiger partial charge in [-0.3, -0.25) is 9.13 Å². The Balaban J connectivity index is -0.0000000511. The van der Waals surface area contributed by atoms with E-state index in [0.717, 1.165) is 0 Å². The average Bonchev–Trinajstić information content (AvgIpc) is 1.80. The van der Waals surface area contributed by atoms with Crippen LogP contribution >= 0.6 is 15.6 Å². The maximum absolute atomic E-state index is 9.48. The van der Waals surface area contributed by atoms with Gasteiger partial charge in [0, 0.05) is 13.1 Å². The number of hydrogen-bond donors (Lipinski definition) is 4. The summed E-state index contributed by atoms with van der Waals surface area (Å²) in [5.41, 5.74) is 9.81. The zero-order valence-electron chi connectivity index (χ0n) is 7.61. The van der Waals surface area contributed by atoms with Crippen molar-refractivity contribution in [3.05, 3.63) is 0 Å². The van der Waals surface area contributed by atoms with Crippen molar-refractivity contribution in [2.45, 2.75) is 0 Å². The molecule has 2 unspecified atom stereocenters. The minimum Gasteiger partial charge on any atom is -0.870 e. The van der Waals surface area contributed by atoms with Gasteiger partial charge in [-0.1, -0.05) is 0 Å². The first-order valence-electron chi connectivity index (χ1n) is 2.81. The number of phosphoric acid groups is 2. The van der Waals surface area contributed by atoms with Crippen LogP contribution < -0.4 is 21.3 Å². The second-order valence-corrected chi connectivity index (χ2v) is 4.12. The standard InChI is InChI=1S/C2H8N2.H4O7P2.2H2O.Pt/c3-1-2-4;1-8(2,3)7-9(4,5)6;;;/h1-4H2;(H2,1,2,3)(H2,4,5,6);2*1H2;/q;;;;+4/p-4. The third-order valence-electron chi connectivity index (χ3n) is 0.373. The molecule has 0 aliphatic rings. The zero-order valence-corrected chi connectivity index (χ0v) is 11.7. The maximum atomic E-state index is 9.48. The summed E-state index contributed by atoms with van der Waals surface area (Å²) in [7, 11) is -10.7. The van der Waals surface area contributed by atoms with Gasteiger partial charge in [0.2, 0.25) is 0 Å². The Labute approximate surface area is 106 Å². The Morgan fingerprint density at radius 2 is 1.19 bits per heavy atom. The fourth-order valence-electron chi connectivity index (χ4n) is 0.130. The van der Waals surface area contributed by atoms with Crippen molar-refractivity contribution in [3.8, 4) is 0 Å². The summed E-state index contributed by atoms with van der Waals surface area (Å²) in [6.07, 6.45) is 0. The van der Waals surface area contributed by atoms with Gasteiger partial charge in [-0.25, -0.2) is 4.31 Å². The molecule has 0 bridgehead atoms. The molecule has 14 heteroatoms. The molecule has 0 aliphatic carbocycles. The summed E-state index contributed by atoms with van der Waals surface area (Å²) in [5, 5.41) is 0. The molecule has 2 atom stereocenters. The smallest absolute Gasteiger partial charge is 0.870 e. The zero-order chi connectivity index (χ0) is 11.1. The van der Waals surface area contributed by atoms with E-state index in [0.29, 0.717) is 13.1 Å². The van der Waals surface area contributed by atoms with Crippen LogP contribution in [-0.2, 0) is 34.5 Å². The molecule has 0 aliphatic heterocycles. The van der Waals surface area contributed by atoms with Gasteiger partial charge < -0.3 is 42.0 Å². The molecule has 0 saturated carbocycles. The Hall–Kier alpha value is 0.788. The number of nitrogens with two attached hydrogens (primary N) is 2. The van der Waals surface area contributed by atoms with Gasteiger partial charge in [-0.15, -0.1) is 0 Å². The molecule has 0 aromatic carbocycles. The third-order valence-corrected chi connectivity index (χ3v) is 2.02. The van der Waals surface area contributed by atoms with Crippen LogP contribution in [0.5, 0.6) is 0 Å². The van der Waals surface area contributed by atoms with Crippen molar-refractivity contribution < 1.29 is 65.0 Å². The van der Waals surface area contributed by atoms with E-state index >= 15 is 0 Å². The normalized spacial score (nSPS) is 15.6. The largest absolute Gasteiger partial charge is 4.00 e. The Kier molecular flexibility index (Phi) is 26.1. The second-order valence-electron chi connectivity index (χ2n) is 1.60. The van der Waals surface area contributed by atoms with Gasteiger partial charge in [0.05, 0.1) is 0 Å². The molecular formula is C2H12N2O9P2Pt. The predicted molar refractivity (Wildman–Crippen MR) is 42.7 cm³/mol. The molecule has 0 saturated heterocycles. The van der Waals surface area contributed by atoms with Crippen LogP contribution in [0.3, 0.4) is 0 Å². The van der Waals surface area contributed by atoms with Crippen molar-refractivity contribution in [1.82, 2.24) is 0 Å². The molecule has 16 heavy (non-hydrogen) atoms. The fourth-order valence-corrected chi connectivity index (χ4v) is 1.17. The predicted octanol–water partition coefficient (Wildman–Crippen LogP) is -3.53. The molecule has 0 rings (SSSR count). The van der Waals surface area contributed by atoms with E-state index in [1.807, 2.05) is 0 Å². The van der Waals surface area contributed by atoms with E-state index in [9.17, 15) is 18.9 Å². The minimum atomic E-state index is -5.36. The second kappa shape index (κ2) is 13.9. The Morgan fingerprint density at radius 1 is 1.00 bits per heavy atom. The van der Waals surface area contributed by atoms with Gasteiger partial charge in [0.25, 0.3) is 15.6 Å². The van der Waals surface area contributed by atoms with Gasteiger partial charge in [-0.05, 0) is 0 Å². The maximum Gasteiger partial charge on any atom is 4.00 e. The van der Waals surface area contributed by atoms with Crippen LogP contribution in [0.15, 0.2) is 0 Å². The number of rotatable bonds is 3. The molecule has 0 spiro atoms. The summed E-state index contributed by atoms with van der Waals surface area (Å²) in [4.78, 5) is 34.1. The molecule has 104 valence electrons. The van der Waals surface area contributed by atoms with Crippen molar-refractivity contribution >= 4 is 15.6 Å². The van der Waals surface area contributed by atoms with Crippen molar-refractivity contribution in [2.75, 3.05) is 13.1 Å². The topological polar surface area (TPSA) is 242 Å². The van der Waals surface area contributed by atoms with Gasteiger partial charge in [0.1, 0.15) is 0 Å². The van der Waals surface area contributed by atoms with Crippen LogP contribution in [0.4, 0.5) is 0 Å². The molecule has 11 nitrogen and oxygen atoms in total. The SMILES string of the molecule is NCCN.O=P([O-])(O)OP(=O)([O-])O.[OH-].[OH-].[Pt+4]. The minimum absolute atomic E-state index is 0. The van der Waals surface area contributed by atoms with Crippen molar-refractivity contribution in [3.63, 3.8) is 0 Å². The van der Waals surface area contributed by atoms with E-state index in [1.165, 1.54) is 0 Å². The van der Waals surface area contributed by atoms with Gasteiger partial charge >= 0.3 is 21.1 Å². The van der Waals surface area contributed by atoms with E-state index < -0.39 is 15.6 Å². The first-order chi connectivity index (χ1) is 5.62.